The van der Waals surface area contributed by atoms with Crippen molar-refractivity contribution in [2.45, 2.75) is 55.2 Å². The molecule has 2 aromatic heterocycles. The smallest absolute Gasteiger partial charge is 0.243 e. The Morgan fingerprint density at radius 2 is 1.00 bits per heavy atom. The summed E-state index contributed by atoms with van der Waals surface area (Å²) in [6.45, 7) is 6.85. The zero-order valence-electron chi connectivity index (χ0n) is 37.6. The van der Waals surface area contributed by atoms with Gasteiger partial charge in [0, 0.05) is 112 Å². The number of nitrogens with one attached hydrogen (secondary N) is 1. The van der Waals surface area contributed by atoms with Gasteiger partial charge in [-0.15, -0.1) is 0 Å². The van der Waals surface area contributed by atoms with Gasteiger partial charge < -0.3 is 19.9 Å². The van der Waals surface area contributed by atoms with Crippen LogP contribution in [0.4, 0.5) is 24.7 Å². The molecule has 21 heteroatoms. The number of sulfonamides is 2. The van der Waals surface area contributed by atoms with E-state index in [0.29, 0.717) is 55.4 Å². The number of carbonyl (C=O) groups is 1. The van der Waals surface area contributed by atoms with Crippen molar-refractivity contribution in [2.24, 2.45) is 10.8 Å². The molecule has 4 fully saturated rings. The molecule has 0 unspecified atom stereocenters. The van der Waals surface area contributed by atoms with E-state index in [1.54, 1.807) is 76.4 Å². The highest BCUT2D eigenvalue weighted by Crippen LogP contribution is 2.45. The minimum atomic E-state index is -3.57. The van der Waals surface area contributed by atoms with E-state index >= 15 is 0 Å². The van der Waals surface area contributed by atoms with Crippen molar-refractivity contribution >= 4 is 65.0 Å². The molecule has 0 radical (unpaired) electrons. The van der Waals surface area contributed by atoms with E-state index in [0.717, 1.165) is 84.9 Å². The number of anilines is 3. The monoisotopic (exact) mass is 1000 g/mol. The van der Waals surface area contributed by atoms with E-state index in [-0.39, 0.29) is 33.3 Å². The maximum absolute atomic E-state index is 13.1. The summed E-state index contributed by atoms with van der Waals surface area (Å²) in [5, 5.41) is 4.42. The third-order valence-corrected chi connectivity index (χ3v) is 18.6. The molecule has 6 aromatic rings. The second-order valence-electron chi connectivity index (χ2n) is 18.0. The molecule has 1 amide bonds. The molecular formula is C47H51F2N9O6S4. The summed E-state index contributed by atoms with van der Waals surface area (Å²) in [6.07, 6.45) is 4.41. The van der Waals surface area contributed by atoms with Crippen molar-refractivity contribution < 1.29 is 35.1 Å². The van der Waals surface area contributed by atoms with Gasteiger partial charge in [-0.05, 0) is 110 Å². The number of hydrogen-bond donors (Lipinski definition) is 1. The van der Waals surface area contributed by atoms with Crippen LogP contribution < -0.4 is 19.9 Å². The van der Waals surface area contributed by atoms with Crippen LogP contribution in [0, 0.1) is 22.5 Å². The minimum Gasteiger partial charge on any atom is -0.497 e. The Morgan fingerprint density at radius 1 is 0.618 bits per heavy atom. The molecule has 0 atom stereocenters. The Hall–Kier alpha value is -5.45. The molecule has 0 saturated carbocycles. The van der Waals surface area contributed by atoms with E-state index in [1.807, 2.05) is 0 Å². The topological polar surface area (TPSA) is 171 Å². The zero-order chi connectivity index (χ0) is 47.7. The van der Waals surface area contributed by atoms with E-state index in [4.69, 9.17) is 4.74 Å². The van der Waals surface area contributed by atoms with Crippen LogP contribution in [0.2, 0.25) is 0 Å². The van der Waals surface area contributed by atoms with Crippen LogP contribution in [0.3, 0.4) is 0 Å². The summed E-state index contributed by atoms with van der Waals surface area (Å²) < 4.78 is 95.6. The van der Waals surface area contributed by atoms with Crippen LogP contribution in [0.15, 0.2) is 107 Å². The lowest BCUT2D eigenvalue weighted by atomic mass is 9.73. The van der Waals surface area contributed by atoms with Crippen LogP contribution in [0.25, 0.3) is 0 Å². The zero-order valence-corrected chi connectivity index (χ0v) is 40.8. The van der Waals surface area contributed by atoms with Crippen molar-refractivity contribution in [3.63, 3.8) is 0 Å². The van der Waals surface area contributed by atoms with Crippen molar-refractivity contribution in [2.75, 3.05) is 74.6 Å². The van der Waals surface area contributed by atoms with Crippen molar-refractivity contribution in [1.29, 1.82) is 0 Å². The summed E-state index contributed by atoms with van der Waals surface area (Å²) in [5.41, 5.74) is 2.75. The van der Waals surface area contributed by atoms with Gasteiger partial charge in [-0.3, -0.25) is 4.79 Å². The molecule has 4 aliphatic rings. The molecule has 68 heavy (non-hydrogen) atoms. The molecule has 0 aliphatic carbocycles. The Labute approximate surface area is 403 Å². The maximum Gasteiger partial charge on any atom is 0.243 e. The lowest BCUT2D eigenvalue weighted by molar-refractivity contribution is -0.114. The largest absolute Gasteiger partial charge is 0.497 e. The number of halogens is 2. The van der Waals surface area contributed by atoms with Gasteiger partial charge in [0.15, 0.2) is 0 Å². The fourth-order valence-electron chi connectivity index (χ4n) is 9.25. The summed E-state index contributed by atoms with van der Waals surface area (Å²) in [4.78, 5) is 25.5. The molecular weight excluding hydrogens is 953 g/mol. The normalized spacial score (nSPS) is 18.1. The average molecular weight is 1000 g/mol. The highest BCUT2D eigenvalue weighted by atomic mass is 32.2. The number of carbonyl (C=O) groups excluding carboxylic acids is 1. The third-order valence-electron chi connectivity index (χ3n) is 13.2. The predicted octanol–water partition coefficient (Wildman–Crippen LogP) is 7.09. The number of aromatic nitrogens is 4. The molecule has 1 N–H and O–H groups in total. The van der Waals surface area contributed by atoms with Gasteiger partial charge in [0.1, 0.15) is 29.0 Å². The second-order valence-corrected chi connectivity index (χ2v) is 23.3. The summed E-state index contributed by atoms with van der Waals surface area (Å²) in [7, 11) is -5.51. The number of benzene rings is 4. The fraction of sp³-hybridized carbons (Fsp3) is 0.383. The summed E-state index contributed by atoms with van der Waals surface area (Å²) >= 11 is 2.75. The van der Waals surface area contributed by atoms with Gasteiger partial charge in [0.2, 0.25) is 36.2 Å². The van der Waals surface area contributed by atoms with Crippen LogP contribution >= 0.6 is 23.1 Å². The number of hydrogen-bond acceptors (Lipinski definition) is 14. The summed E-state index contributed by atoms with van der Waals surface area (Å²) in [5.74, 6) is 1.39. The molecule has 358 valence electrons. The molecule has 15 nitrogen and oxygen atoms in total. The lowest BCUT2D eigenvalue weighted by Crippen LogP contribution is -2.61. The fourth-order valence-corrected chi connectivity index (χ4v) is 13.5. The van der Waals surface area contributed by atoms with Gasteiger partial charge in [0.25, 0.3) is 0 Å². The molecule has 2 spiro atoms. The van der Waals surface area contributed by atoms with E-state index in [9.17, 15) is 30.4 Å². The van der Waals surface area contributed by atoms with E-state index in [2.05, 4.69) is 33.8 Å². The van der Waals surface area contributed by atoms with E-state index < -0.39 is 20.0 Å². The minimum absolute atomic E-state index is 0.101. The quantitative estimate of drug-likeness (QED) is 0.132. The molecule has 4 aromatic carbocycles. The Morgan fingerprint density at radius 3 is 1.37 bits per heavy atom. The second kappa shape index (κ2) is 19.5. The Kier molecular flexibility index (Phi) is 13.7. The van der Waals surface area contributed by atoms with E-state index in [1.165, 1.54) is 66.4 Å². The first-order valence-electron chi connectivity index (χ1n) is 22.3. The van der Waals surface area contributed by atoms with Crippen molar-refractivity contribution in [3.05, 3.63) is 131 Å². The Bertz CT molecular complexity index is 2930. The average Bonchev–Trinajstić information content (AvgIpc) is 3.99. The third kappa shape index (κ3) is 10.6. The maximum atomic E-state index is 13.1. The van der Waals surface area contributed by atoms with Gasteiger partial charge in [0.05, 0.1) is 16.9 Å². The molecule has 10 rings (SSSR count). The predicted molar refractivity (Wildman–Crippen MR) is 257 cm³/mol. The molecule has 6 heterocycles. The van der Waals surface area contributed by atoms with Crippen molar-refractivity contribution in [1.82, 2.24) is 27.3 Å². The number of ether oxygens (including phenoxy) is 1. The van der Waals surface area contributed by atoms with Crippen LogP contribution in [0.5, 0.6) is 5.75 Å². The number of methoxy groups -OCH3 is 1. The highest BCUT2D eigenvalue weighted by molar-refractivity contribution is 7.89. The number of amides is 1. The number of piperidine rings is 2. The molecule has 0 bridgehead atoms. The lowest BCUT2D eigenvalue weighted by Gasteiger charge is -2.53. The van der Waals surface area contributed by atoms with Crippen molar-refractivity contribution in [3.8, 4) is 5.75 Å². The number of rotatable bonds is 12. The van der Waals surface area contributed by atoms with Gasteiger partial charge in [-0.25, -0.2) is 35.6 Å². The Balaban J connectivity index is 0.000000170. The van der Waals surface area contributed by atoms with Gasteiger partial charge >= 0.3 is 0 Å². The first-order valence-corrected chi connectivity index (χ1v) is 26.7. The van der Waals surface area contributed by atoms with Gasteiger partial charge in [-0.1, -0.05) is 24.3 Å². The number of nitrogens with zero attached hydrogens (tertiary/aromatic N) is 8. The summed E-state index contributed by atoms with van der Waals surface area (Å²) in [6, 6.07) is 25.6. The van der Waals surface area contributed by atoms with Gasteiger partial charge in [-0.2, -0.15) is 17.4 Å². The molecule has 4 saturated heterocycles. The molecule has 4 aliphatic heterocycles. The highest BCUT2D eigenvalue weighted by Gasteiger charge is 2.49. The van der Waals surface area contributed by atoms with Crippen LogP contribution in [-0.4, -0.2) is 110 Å². The SMILES string of the molecule is CC(=O)Nc1ccc(S(=O)(=O)N2CCC3(CC2)CN(c2nc(Cc4ccc(F)cc4)ns2)C3)cc1.COc1ccc(S(=O)(=O)N2CCC3(CC2)CN(c2nc(Cc4ccc(F)cc4)ns2)C3)cc1. The van der Waals surface area contributed by atoms with Crippen LogP contribution in [-0.2, 0) is 37.7 Å². The standard InChI is InChI=1S/C24H26FN5O3S2.C23H25FN4O3S2/c1-17(31)26-20-6-8-21(9-7-20)35(32,33)30-12-10-24(11-13-30)15-29(16-24)23-27-22(28-34-23)14-18-2-4-19(25)5-3-18;1-31-19-6-8-20(9-7-19)33(29,30)28-12-10-23(11-13-28)15-27(16-23)22-25-21(26-32-22)14-17-2-4-18(24)5-3-17/h2-9H,10-16H2,1H3,(H,26,31);2-9H,10-16H2,1H3. The van der Waals surface area contributed by atoms with Crippen LogP contribution in [0.1, 0.15) is 55.4 Å². The first kappa shape index (κ1) is 47.6. The first-order chi connectivity index (χ1) is 32.6.